The molecule has 0 saturated carbocycles. The van der Waals surface area contributed by atoms with Crippen LogP contribution in [0.25, 0.3) is 0 Å². The number of carbonyl (C=O) groups is 3. The lowest BCUT2D eigenvalue weighted by Gasteiger charge is -2.13. The first-order valence-electron chi connectivity index (χ1n) is 5.93. The van der Waals surface area contributed by atoms with Gasteiger partial charge >= 0.3 is 0 Å². The van der Waals surface area contributed by atoms with E-state index in [-0.39, 0.29) is 22.4 Å². The molecule has 2 aromatic carbocycles. The summed E-state index contributed by atoms with van der Waals surface area (Å²) in [6.07, 6.45) is 0. The van der Waals surface area contributed by atoms with E-state index in [4.69, 9.17) is 0 Å². The second-order valence-corrected chi connectivity index (χ2v) is 4.12. The van der Waals surface area contributed by atoms with Gasteiger partial charge in [0.2, 0.25) is 0 Å². The molecule has 6 heteroatoms. The van der Waals surface area contributed by atoms with E-state index >= 15 is 0 Å². The van der Waals surface area contributed by atoms with Crippen molar-refractivity contribution >= 4 is 23.5 Å². The van der Waals surface area contributed by atoms with E-state index in [1.165, 1.54) is 48.5 Å². The molecule has 0 spiro atoms. The smallest absolute Gasteiger partial charge is 0.256 e. The van der Waals surface area contributed by atoms with Crippen LogP contribution in [0.3, 0.4) is 0 Å². The molecular weight excluding hydrogens is 274 g/mol. The molecule has 0 radical (unpaired) electrons. The predicted octanol–water partition coefficient (Wildman–Crippen LogP) is -0.334. The maximum Gasteiger partial charge on any atom is 0.256 e. The van der Waals surface area contributed by atoms with Crippen molar-refractivity contribution in [1.82, 2.24) is 0 Å². The predicted molar refractivity (Wildman–Crippen MR) is 69.5 cm³/mol. The van der Waals surface area contributed by atoms with Crippen LogP contribution >= 0.6 is 0 Å². The van der Waals surface area contributed by atoms with Gasteiger partial charge in [-0.3, -0.25) is 4.79 Å². The van der Waals surface area contributed by atoms with Crippen LogP contribution in [0.15, 0.2) is 48.5 Å². The Hall–Kier alpha value is -3.15. The van der Waals surface area contributed by atoms with Crippen molar-refractivity contribution in [2.24, 2.45) is 0 Å². The Bertz CT molecular complexity index is 724. The Morgan fingerprint density at radius 2 is 1.19 bits per heavy atom. The molecule has 0 aliphatic carbocycles. The molecular formula is C15H9NO5-2. The fourth-order valence-electron chi connectivity index (χ4n) is 1.82. The van der Waals surface area contributed by atoms with Gasteiger partial charge in [-0.05, 0) is 12.1 Å². The van der Waals surface area contributed by atoms with E-state index in [1.807, 2.05) is 0 Å². The van der Waals surface area contributed by atoms with Crippen molar-refractivity contribution in [2.75, 3.05) is 5.32 Å². The zero-order valence-electron chi connectivity index (χ0n) is 10.7. The fraction of sp³-hybridized carbons (Fsp3) is 0. The Labute approximate surface area is 119 Å². The van der Waals surface area contributed by atoms with Gasteiger partial charge in [-0.15, -0.1) is 0 Å². The standard InChI is InChI=1S/C15H11NO5/c17-13(9-5-1-2-6-10(9)14(18)19)16-12-8-4-3-7-11(12)15(20)21/h1-8H,(H,16,17)(H,18,19)(H,20,21)/p-2. The van der Waals surface area contributed by atoms with E-state index < -0.39 is 17.8 Å². The molecule has 0 unspecified atom stereocenters. The lowest BCUT2D eigenvalue weighted by Crippen LogP contribution is -2.27. The molecule has 0 fully saturated rings. The van der Waals surface area contributed by atoms with E-state index in [9.17, 15) is 24.6 Å². The third-order valence-corrected chi connectivity index (χ3v) is 2.79. The average molecular weight is 283 g/mol. The summed E-state index contributed by atoms with van der Waals surface area (Å²) in [5.74, 6) is -3.68. The number of carbonyl (C=O) groups excluding carboxylic acids is 3. The lowest BCUT2D eigenvalue weighted by atomic mass is 10.1. The molecule has 2 aromatic rings. The Balaban J connectivity index is 2.36. The van der Waals surface area contributed by atoms with Gasteiger partial charge in [0.15, 0.2) is 0 Å². The number of rotatable bonds is 4. The van der Waals surface area contributed by atoms with Gasteiger partial charge in [0.05, 0.1) is 17.6 Å². The summed E-state index contributed by atoms with van der Waals surface area (Å²) in [6.45, 7) is 0. The molecule has 0 atom stereocenters. The lowest BCUT2D eigenvalue weighted by molar-refractivity contribution is -0.256. The summed E-state index contributed by atoms with van der Waals surface area (Å²) in [6, 6.07) is 11.2. The zero-order valence-corrected chi connectivity index (χ0v) is 10.7. The molecule has 2 rings (SSSR count). The highest BCUT2D eigenvalue weighted by Gasteiger charge is 2.13. The molecule has 0 saturated heterocycles. The van der Waals surface area contributed by atoms with Crippen LogP contribution in [-0.2, 0) is 0 Å². The number of aromatic carboxylic acids is 2. The highest BCUT2D eigenvalue weighted by molar-refractivity contribution is 6.12. The van der Waals surface area contributed by atoms with Gasteiger partial charge in [0.25, 0.3) is 5.91 Å². The first-order chi connectivity index (χ1) is 10.0. The van der Waals surface area contributed by atoms with Crippen LogP contribution < -0.4 is 15.5 Å². The van der Waals surface area contributed by atoms with Gasteiger partial charge < -0.3 is 25.1 Å². The molecule has 1 N–H and O–H groups in total. The minimum absolute atomic E-state index is 0.0238. The molecule has 0 bridgehead atoms. The second kappa shape index (κ2) is 5.87. The van der Waals surface area contributed by atoms with Gasteiger partial charge in [-0.2, -0.15) is 0 Å². The summed E-state index contributed by atoms with van der Waals surface area (Å²) in [4.78, 5) is 34.0. The maximum atomic E-state index is 12.1. The van der Waals surface area contributed by atoms with E-state index in [1.54, 1.807) is 0 Å². The Morgan fingerprint density at radius 3 is 1.76 bits per heavy atom. The monoisotopic (exact) mass is 283 g/mol. The molecule has 106 valence electrons. The van der Waals surface area contributed by atoms with Crippen LogP contribution in [0.4, 0.5) is 5.69 Å². The van der Waals surface area contributed by atoms with Crippen molar-refractivity contribution < 1.29 is 24.6 Å². The molecule has 0 aromatic heterocycles. The summed E-state index contributed by atoms with van der Waals surface area (Å²) < 4.78 is 0. The summed E-state index contributed by atoms with van der Waals surface area (Å²) in [5, 5.41) is 24.3. The zero-order chi connectivity index (χ0) is 15.4. The molecule has 6 nitrogen and oxygen atoms in total. The number of carboxylic acids is 2. The third-order valence-electron chi connectivity index (χ3n) is 2.79. The van der Waals surface area contributed by atoms with E-state index in [0.717, 1.165) is 0 Å². The quantitative estimate of drug-likeness (QED) is 0.826. The summed E-state index contributed by atoms with van der Waals surface area (Å²) >= 11 is 0. The van der Waals surface area contributed by atoms with Crippen molar-refractivity contribution in [2.45, 2.75) is 0 Å². The average Bonchev–Trinajstić information content (AvgIpc) is 2.47. The number of nitrogens with one attached hydrogen (secondary N) is 1. The molecule has 0 aliphatic heterocycles. The normalized spacial score (nSPS) is 9.90. The number of benzene rings is 2. The topological polar surface area (TPSA) is 109 Å². The van der Waals surface area contributed by atoms with E-state index in [0.29, 0.717) is 0 Å². The Kier molecular flexibility index (Phi) is 3.99. The van der Waals surface area contributed by atoms with Gasteiger partial charge in [0, 0.05) is 16.7 Å². The van der Waals surface area contributed by atoms with Gasteiger partial charge in [-0.25, -0.2) is 0 Å². The molecule has 0 heterocycles. The second-order valence-electron chi connectivity index (χ2n) is 4.12. The van der Waals surface area contributed by atoms with Crippen LogP contribution in [0.1, 0.15) is 31.1 Å². The van der Waals surface area contributed by atoms with Crippen LogP contribution in [0.2, 0.25) is 0 Å². The molecule has 1 amide bonds. The number of hydrogen-bond acceptors (Lipinski definition) is 5. The number of hydrogen-bond donors (Lipinski definition) is 1. The summed E-state index contributed by atoms with van der Waals surface area (Å²) in [5.41, 5.74) is -0.570. The summed E-state index contributed by atoms with van der Waals surface area (Å²) in [7, 11) is 0. The highest BCUT2D eigenvalue weighted by atomic mass is 16.4. The minimum Gasteiger partial charge on any atom is -0.545 e. The van der Waals surface area contributed by atoms with Crippen molar-refractivity contribution in [1.29, 1.82) is 0 Å². The van der Waals surface area contributed by atoms with Crippen LogP contribution in [0, 0.1) is 0 Å². The number of carboxylic acid groups (broad SMARTS) is 2. The number of para-hydroxylation sites is 1. The fourth-order valence-corrected chi connectivity index (χ4v) is 1.82. The molecule has 0 aliphatic rings. The SMILES string of the molecule is O=C([O-])c1ccccc1NC(=O)c1ccccc1C(=O)[O-]. The maximum absolute atomic E-state index is 12.1. The first-order valence-corrected chi connectivity index (χ1v) is 5.93. The Morgan fingerprint density at radius 1 is 0.714 bits per heavy atom. The van der Waals surface area contributed by atoms with Gasteiger partial charge in [0.1, 0.15) is 0 Å². The number of amides is 1. The first kappa shape index (κ1) is 14.3. The minimum atomic E-state index is -1.49. The molecule has 21 heavy (non-hydrogen) atoms. The van der Waals surface area contributed by atoms with Crippen LogP contribution in [-0.4, -0.2) is 17.8 Å². The highest BCUT2D eigenvalue weighted by Crippen LogP contribution is 2.16. The van der Waals surface area contributed by atoms with Crippen molar-refractivity contribution in [3.8, 4) is 0 Å². The largest absolute Gasteiger partial charge is 0.545 e. The number of anilines is 1. The van der Waals surface area contributed by atoms with Crippen molar-refractivity contribution in [3.63, 3.8) is 0 Å². The van der Waals surface area contributed by atoms with Gasteiger partial charge in [-0.1, -0.05) is 36.4 Å². The van der Waals surface area contributed by atoms with Crippen molar-refractivity contribution in [3.05, 3.63) is 65.2 Å². The third kappa shape index (κ3) is 3.06. The van der Waals surface area contributed by atoms with E-state index in [2.05, 4.69) is 5.32 Å². The van der Waals surface area contributed by atoms with Crippen LogP contribution in [0.5, 0.6) is 0 Å².